The van der Waals surface area contributed by atoms with Crippen molar-refractivity contribution in [3.05, 3.63) is 89.2 Å². The molecule has 0 heterocycles. The first-order valence-corrected chi connectivity index (χ1v) is 9.25. The molecule has 0 spiro atoms. The second-order valence-electron chi connectivity index (χ2n) is 7.21. The summed E-state index contributed by atoms with van der Waals surface area (Å²) >= 11 is 0. The Morgan fingerprint density at radius 2 is 1.41 bits per heavy atom. The van der Waals surface area contributed by atoms with Crippen molar-refractivity contribution >= 4 is 11.6 Å². The minimum Gasteiger partial charge on any atom is -0.496 e. The summed E-state index contributed by atoms with van der Waals surface area (Å²) in [5.41, 5.74) is 2.36. The van der Waals surface area contributed by atoms with Crippen LogP contribution < -0.4 is 14.8 Å². The van der Waals surface area contributed by atoms with Crippen LogP contribution in [-0.4, -0.2) is 20.1 Å². The molecule has 4 nitrogen and oxygen atoms in total. The van der Waals surface area contributed by atoms with E-state index in [1.165, 1.54) is 26.4 Å². The van der Waals surface area contributed by atoms with Gasteiger partial charge in [0.15, 0.2) is 0 Å². The first-order chi connectivity index (χ1) is 13.9. The van der Waals surface area contributed by atoms with Gasteiger partial charge in [-0.3, -0.25) is 4.79 Å². The normalized spacial score (nSPS) is 11.1. The highest BCUT2D eigenvalue weighted by atomic mass is 19.1. The summed E-state index contributed by atoms with van der Waals surface area (Å²) in [6, 6.07) is 19.2. The molecule has 3 aromatic carbocycles. The van der Waals surface area contributed by atoms with Crippen LogP contribution in [0.4, 0.5) is 10.1 Å². The number of hydrogen-bond acceptors (Lipinski definition) is 3. The second kappa shape index (κ2) is 8.35. The standard InChI is InChI=1S/C24H24FNO3/c1-24(2,16-10-12-18(25)13-11-16)17-14-20(28-3)22(21(15-17)29-4)23(27)26-19-8-6-5-7-9-19/h5-15H,1-4H3,(H,26,27). The van der Waals surface area contributed by atoms with E-state index in [0.717, 1.165) is 11.1 Å². The summed E-state index contributed by atoms with van der Waals surface area (Å²) < 4.78 is 24.4. The van der Waals surface area contributed by atoms with Crippen molar-refractivity contribution in [2.24, 2.45) is 0 Å². The maximum Gasteiger partial charge on any atom is 0.263 e. The van der Waals surface area contributed by atoms with Crippen LogP contribution in [0.1, 0.15) is 35.3 Å². The predicted molar refractivity (Wildman–Crippen MR) is 112 cm³/mol. The van der Waals surface area contributed by atoms with Gasteiger partial charge in [0.25, 0.3) is 5.91 Å². The highest BCUT2D eigenvalue weighted by Gasteiger charge is 2.28. The molecule has 1 amide bonds. The highest BCUT2D eigenvalue weighted by Crippen LogP contribution is 2.39. The molecule has 0 saturated heterocycles. The van der Waals surface area contributed by atoms with Crippen molar-refractivity contribution in [1.29, 1.82) is 0 Å². The average molecular weight is 393 g/mol. The lowest BCUT2D eigenvalue weighted by Gasteiger charge is -2.28. The van der Waals surface area contributed by atoms with Gasteiger partial charge in [-0.1, -0.05) is 44.2 Å². The first-order valence-electron chi connectivity index (χ1n) is 9.25. The fraction of sp³-hybridized carbons (Fsp3) is 0.208. The van der Waals surface area contributed by atoms with Gasteiger partial charge in [0.1, 0.15) is 22.9 Å². The molecule has 0 fully saturated rings. The van der Waals surface area contributed by atoms with Gasteiger partial charge in [-0.15, -0.1) is 0 Å². The van der Waals surface area contributed by atoms with Crippen LogP contribution >= 0.6 is 0 Å². The van der Waals surface area contributed by atoms with E-state index in [1.54, 1.807) is 12.1 Å². The number of methoxy groups -OCH3 is 2. The van der Waals surface area contributed by atoms with E-state index >= 15 is 0 Å². The Morgan fingerprint density at radius 3 is 1.93 bits per heavy atom. The van der Waals surface area contributed by atoms with Gasteiger partial charge in [-0.2, -0.15) is 0 Å². The van der Waals surface area contributed by atoms with Crippen molar-refractivity contribution in [1.82, 2.24) is 0 Å². The smallest absolute Gasteiger partial charge is 0.263 e. The number of benzene rings is 3. The topological polar surface area (TPSA) is 47.6 Å². The maximum atomic E-state index is 13.4. The number of amides is 1. The van der Waals surface area contributed by atoms with Gasteiger partial charge in [-0.05, 0) is 47.5 Å². The molecule has 150 valence electrons. The van der Waals surface area contributed by atoms with E-state index in [-0.39, 0.29) is 11.7 Å². The first kappa shape index (κ1) is 20.4. The zero-order valence-electron chi connectivity index (χ0n) is 17.0. The Bertz CT molecular complexity index is 973. The number of halogens is 1. The number of rotatable bonds is 6. The van der Waals surface area contributed by atoms with Crippen LogP contribution in [0.5, 0.6) is 11.5 Å². The molecular weight excluding hydrogens is 369 g/mol. The molecule has 0 saturated carbocycles. The van der Waals surface area contributed by atoms with E-state index in [2.05, 4.69) is 5.32 Å². The van der Waals surface area contributed by atoms with Gasteiger partial charge in [-0.25, -0.2) is 4.39 Å². The van der Waals surface area contributed by atoms with Crippen LogP contribution in [0.3, 0.4) is 0 Å². The molecule has 0 aliphatic rings. The molecule has 5 heteroatoms. The third kappa shape index (κ3) is 4.24. The molecule has 3 aromatic rings. The Balaban J connectivity index is 2.04. The van der Waals surface area contributed by atoms with Crippen molar-refractivity contribution in [3.8, 4) is 11.5 Å². The number of ether oxygens (including phenoxy) is 2. The van der Waals surface area contributed by atoms with Gasteiger partial charge in [0, 0.05) is 11.1 Å². The summed E-state index contributed by atoms with van der Waals surface area (Å²) in [6.07, 6.45) is 0. The minimum absolute atomic E-state index is 0.285. The van der Waals surface area contributed by atoms with Crippen LogP contribution in [-0.2, 0) is 5.41 Å². The molecule has 0 aliphatic carbocycles. The van der Waals surface area contributed by atoms with Crippen LogP contribution in [0.15, 0.2) is 66.7 Å². The van der Waals surface area contributed by atoms with E-state index in [0.29, 0.717) is 22.7 Å². The molecule has 0 atom stereocenters. The molecule has 29 heavy (non-hydrogen) atoms. The van der Waals surface area contributed by atoms with Crippen molar-refractivity contribution < 1.29 is 18.7 Å². The summed E-state index contributed by atoms with van der Waals surface area (Å²) in [5.74, 6) is 0.203. The lowest BCUT2D eigenvalue weighted by Crippen LogP contribution is -2.21. The Labute approximate surface area is 170 Å². The Hall–Kier alpha value is -3.34. The monoisotopic (exact) mass is 393 g/mol. The number of hydrogen-bond donors (Lipinski definition) is 1. The van der Waals surface area contributed by atoms with Crippen LogP contribution in [0.2, 0.25) is 0 Å². The van der Waals surface area contributed by atoms with Gasteiger partial charge in [0.2, 0.25) is 0 Å². The number of para-hydroxylation sites is 1. The molecule has 0 aliphatic heterocycles. The van der Waals surface area contributed by atoms with Crippen molar-refractivity contribution in [2.75, 3.05) is 19.5 Å². The molecular formula is C24H24FNO3. The minimum atomic E-state index is -0.456. The van der Waals surface area contributed by atoms with Gasteiger partial charge >= 0.3 is 0 Å². The zero-order chi connectivity index (χ0) is 21.0. The van der Waals surface area contributed by atoms with Gasteiger partial charge < -0.3 is 14.8 Å². The number of carbonyl (C=O) groups excluding carboxylic acids is 1. The summed E-state index contributed by atoms with van der Waals surface area (Å²) in [4.78, 5) is 12.9. The van der Waals surface area contributed by atoms with E-state index in [1.807, 2.05) is 56.3 Å². The molecule has 1 N–H and O–H groups in total. The molecule has 0 radical (unpaired) electrons. The van der Waals surface area contributed by atoms with E-state index < -0.39 is 5.41 Å². The van der Waals surface area contributed by atoms with Crippen LogP contribution in [0, 0.1) is 5.82 Å². The third-order valence-electron chi connectivity index (χ3n) is 5.05. The second-order valence-corrected chi connectivity index (χ2v) is 7.21. The molecule has 0 unspecified atom stereocenters. The lowest BCUT2D eigenvalue weighted by atomic mass is 9.77. The molecule has 0 aromatic heterocycles. The van der Waals surface area contributed by atoms with Crippen molar-refractivity contribution in [3.63, 3.8) is 0 Å². The fourth-order valence-electron chi connectivity index (χ4n) is 3.24. The third-order valence-corrected chi connectivity index (χ3v) is 5.05. The Kier molecular flexibility index (Phi) is 5.87. The quantitative estimate of drug-likeness (QED) is 0.608. The Morgan fingerprint density at radius 1 is 0.862 bits per heavy atom. The predicted octanol–water partition coefficient (Wildman–Crippen LogP) is 5.42. The zero-order valence-corrected chi connectivity index (χ0v) is 17.0. The van der Waals surface area contributed by atoms with Crippen LogP contribution in [0.25, 0.3) is 0 Å². The molecule has 0 bridgehead atoms. The highest BCUT2D eigenvalue weighted by molar-refractivity contribution is 6.08. The largest absolute Gasteiger partial charge is 0.496 e. The van der Waals surface area contributed by atoms with E-state index in [4.69, 9.17) is 9.47 Å². The number of nitrogens with one attached hydrogen (secondary N) is 1. The summed E-state index contributed by atoms with van der Waals surface area (Å²) in [5, 5.41) is 2.86. The number of carbonyl (C=O) groups is 1. The number of anilines is 1. The summed E-state index contributed by atoms with van der Waals surface area (Å²) in [6.45, 7) is 4.05. The van der Waals surface area contributed by atoms with Gasteiger partial charge in [0.05, 0.1) is 14.2 Å². The maximum absolute atomic E-state index is 13.4. The fourth-order valence-corrected chi connectivity index (χ4v) is 3.24. The molecule has 3 rings (SSSR count). The summed E-state index contributed by atoms with van der Waals surface area (Å²) in [7, 11) is 3.03. The average Bonchev–Trinajstić information content (AvgIpc) is 2.73. The van der Waals surface area contributed by atoms with Crippen molar-refractivity contribution in [2.45, 2.75) is 19.3 Å². The lowest BCUT2D eigenvalue weighted by molar-refractivity contribution is 0.102. The SMILES string of the molecule is COc1cc(C(C)(C)c2ccc(F)cc2)cc(OC)c1C(=O)Nc1ccccc1. The van der Waals surface area contributed by atoms with E-state index in [9.17, 15) is 9.18 Å².